The van der Waals surface area contributed by atoms with Gasteiger partial charge in [0.05, 0.1) is 23.7 Å². The predicted molar refractivity (Wildman–Crippen MR) is 87.5 cm³/mol. The van der Waals surface area contributed by atoms with E-state index in [9.17, 15) is 13.5 Å². The Bertz CT molecular complexity index is 771. The summed E-state index contributed by atoms with van der Waals surface area (Å²) >= 11 is 0. The lowest BCUT2D eigenvalue weighted by atomic mass is 10.2. The van der Waals surface area contributed by atoms with Gasteiger partial charge in [0.1, 0.15) is 15.9 Å². The van der Waals surface area contributed by atoms with Crippen molar-refractivity contribution in [2.75, 3.05) is 18.6 Å². The van der Waals surface area contributed by atoms with Gasteiger partial charge in [-0.05, 0) is 11.6 Å². The molecular formula is C16H21N3O3S. The number of benzene rings is 1. The smallest absolute Gasteiger partial charge is 0.150 e. The number of fused-ring (bicyclic) bond motifs is 1. The summed E-state index contributed by atoms with van der Waals surface area (Å²) < 4.78 is 24.5. The minimum Gasteiger partial charge on any atom is -0.386 e. The average Bonchev–Trinajstić information content (AvgIpc) is 2.90. The highest BCUT2D eigenvalue weighted by Gasteiger charge is 2.23. The third-order valence-electron chi connectivity index (χ3n) is 3.95. The molecule has 0 radical (unpaired) electrons. The first-order valence-corrected chi connectivity index (χ1v) is 9.65. The summed E-state index contributed by atoms with van der Waals surface area (Å²) in [6.07, 6.45) is 0.0547. The molecule has 1 N–H and O–H groups in total. The van der Waals surface area contributed by atoms with E-state index in [2.05, 4.69) is 22.1 Å². The van der Waals surface area contributed by atoms with E-state index >= 15 is 0 Å². The molecular weight excluding hydrogens is 314 g/mol. The lowest BCUT2D eigenvalue weighted by molar-refractivity contribution is 0.191. The van der Waals surface area contributed by atoms with Crippen LogP contribution in [0.3, 0.4) is 0 Å². The Morgan fingerprint density at radius 1 is 1.26 bits per heavy atom. The second-order valence-corrected chi connectivity index (χ2v) is 8.27. The zero-order chi connectivity index (χ0) is 16.4. The second-order valence-electron chi connectivity index (χ2n) is 6.09. The predicted octanol–water partition coefficient (Wildman–Crippen LogP) is 0.977. The highest BCUT2D eigenvalue weighted by molar-refractivity contribution is 7.90. The van der Waals surface area contributed by atoms with E-state index in [4.69, 9.17) is 0 Å². The molecule has 1 aliphatic rings. The molecule has 1 aromatic carbocycles. The summed E-state index contributed by atoms with van der Waals surface area (Å²) in [5.74, 6) is -0.294. The van der Waals surface area contributed by atoms with Crippen LogP contribution < -0.4 is 0 Å². The first-order chi connectivity index (χ1) is 10.9. The molecule has 3 rings (SSSR count). The summed E-state index contributed by atoms with van der Waals surface area (Å²) in [5, 5.41) is 14.4. The molecule has 0 amide bonds. The minimum absolute atomic E-state index is 0.294. The van der Waals surface area contributed by atoms with Gasteiger partial charge in [-0.1, -0.05) is 30.3 Å². The Balaban J connectivity index is 1.69. The van der Waals surface area contributed by atoms with E-state index in [1.165, 1.54) is 5.56 Å². The van der Waals surface area contributed by atoms with Crippen molar-refractivity contribution in [2.45, 2.75) is 25.7 Å². The molecule has 0 saturated heterocycles. The Labute approximate surface area is 136 Å². The maximum atomic E-state index is 11.3. The Morgan fingerprint density at radius 3 is 2.70 bits per heavy atom. The Kier molecular flexibility index (Phi) is 4.52. The molecule has 0 spiro atoms. The summed E-state index contributed by atoms with van der Waals surface area (Å²) in [5.41, 5.74) is 2.71. The third kappa shape index (κ3) is 4.19. The molecule has 0 saturated carbocycles. The number of aliphatic hydroxyl groups is 1. The van der Waals surface area contributed by atoms with Crippen LogP contribution in [0.15, 0.2) is 36.4 Å². The van der Waals surface area contributed by atoms with E-state index in [1.54, 1.807) is 0 Å². The van der Waals surface area contributed by atoms with Gasteiger partial charge >= 0.3 is 0 Å². The van der Waals surface area contributed by atoms with Crippen molar-refractivity contribution in [1.82, 2.24) is 14.7 Å². The van der Waals surface area contributed by atoms with Crippen molar-refractivity contribution in [3.63, 3.8) is 0 Å². The molecule has 1 unspecified atom stereocenters. The minimum atomic E-state index is -3.23. The van der Waals surface area contributed by atoms with Crippen LogP contribution in [0, 0.1) is 0 Å². The number of hydrogen-bond acceptors (Lipinski definition) is 5. The summed E-state index contributed by atoms with van der Waals surface area (Å²) in [6, 6.07) is 12.1. The van der Waals surface area contributed by atoms with E-state index in [1.807, 2.05) is 28.9 Å². The Hall–Kier alpha value is -1.70. The fraction of sp³-hybridized carbons (Fsp3) is 0.438. The zero-order valence-corrected chi connectivity index (χ0v) is 13.9. The molecule has 7 heteroatoms. The number of hydrogen-bond donors (Lipinski definition) is 1. The standard InChI is InChI=1S/C16H21N3O3S/c1-23(21,22)12-16(20)15-9-14-11-18(7-8-19(14)17-15)10-13-5-3-2-4-6-13/h2-6,9,16,20H,7-8,10-12H2,1H3. The van der Waals surface area contributed by atoms with Crippen LogP contribution in [0.2, 0.25) is 0 Å². The van der Waals surface area contributed by atoms with Gasteiger partial charge in [-0.25, -0.2) is 8.42 Å². The number of rotatable bonds is 5. The fourth-order valence-corrected chi connectivity index (χ4v) is 3.60. The van der Waals surface area contributed by atoms with Gasteiger partial charge in [0, 0.05) is 25.9 Å². The molecule has 6 nitrogen and oxygen atoms in total. The Morgan fingerprint density at radius 2 is 2.00 bits per heavy atom. The monoisotopic (exact) mass is 335 g/mol. The second kappa shape index (κ2) is 6.43. The topological polar surface area (TPSA) is 75.4 Å². The van der Waals surface area contributed by atoms with Gasteiger partial charge in [0.25, 0.3) is 0 Å². The molecule has 1 aromatic heterocycles. The van der Waals surface area contributed by atoms with Gasteiger partial charge in [-0.3, -0.25) is 9.58 Å². The average molecular weight is 335 g/mol. The first-order valence-electron chi connectivity index (χ1n) is 7.59. The van der Waals surface area contributed by atoms with Crippen molar-refractivity contribution in [1.29, 1.82) is 0 Å². The van der Waals surface area contributed by atoms with E-state index < -0.39 is 15.9 Å². The van der Waals surface area contributed by atoms with Crippen molar-refractivity contribution in [3.05, 3.63) is 53.3 Å². The van der Waals surface area contributed by atoms with Crippen LogP contribution in [0.5, 0.6) is 0 Å². The fourth-order valence-electron chi connectivity index (χ4n) is 2.85. The van der Waals surface area contributed by atoms with Crippen molar-refractivity contribution in [2.24, 2.45) is 0 Å². The number of aliphatic hydroxyl groups excluding tert-OH is 1. The van der Waals surface area contributed by atoms with Crippen molar-refractivity contribution < 1.29 is 13.5 Å². The summed E-state index contributed by atoms with van der Waals surface area (Å²) in [4.78, 5) is 2.32. The maximum absolute atomic E-state index is 11.3. The summed E-state index contributed by atoms with van der Waals surface area (Å²) in [7, 11) is -3.23. The van der Waals surface area contributed by atoms with E-state index in [-0.39, 0.29) is 5.75 Å². The number of nitrogens with zero attached hydrogens (tertiary/aromatic N) is 3. The number of aromatic nitrogens is 2. The van der Waals surface area contributed by atoms with Crippen LogP contribution in [0.25, 0.3) is 0 Å². The van der Waals surface area contributed by atoms with Gasteiger partial charge in [-0.15, -0.1) is 0 Å². The normalized spacial score (nSPS) is 17.0. The van der Waals surface area contributed by atoms with Crippen LogP contribution >= 0.6 is 0 Å². The maximum Gasteiger partial charge on any atom is 0.150 e. The van der Waals surface area contributed by atoms with Gasteiger partial charge in [0.15, 0.2) is 0 Å². The molecule has 124 valence electrons. The molecule has 1 aliphatic heterocycles. The molecule has 0 aliphatic carbocycles. The molecule has 2 aromatic rings. The molecule has 0 bridgehead atoms. The SMILES string of the molecule is CS(=O)(=O)CC(O)c1cc2n(n1)CCN(Cc1ccccc1)C2. The van der Waals surface area contributed by atoms with E-state index in [0.29, 0.717) is 5.69 Å². The third-order valence-corrected chi connectivity index (χ3v) is 4.87. The van der Waals surface area contributed by atoms with Gasteiger partial charge < -0.3 is 5.11 Å². The molecule has 2 heterocycles. The van der Waals surface area contributed by atoms with E-state index in [0.717, 1.165) is 38.1 Å². The zero-order valence-electron chi connectivity index (χ0n) is 13.1. The van der Waals surface area contributed by atoms with Crippen molar-refractivity contribution in [3.8, 4) is 0 Å². The lowest BCUT2D eigenvalue weighted by Gasteiger charge is -2.27. The number of sulfone groups is 1. The van der Waals surface area contributed by atoms with Crippen LogP contribution in [-0.4, -0.2) is 46.8 Å². The quantitative estimate of drug-likeness (QED) is 0.881. The van der Waals surface area contributed by atoms with Crippen molar-refractivity contribution >= 4 is 9.84 Å². The van der Waals surface area contributed by atoms with Crippen LogP contribution in [0.4, 0.5) is 0 Å². The molecule has 0 fully saturated rings. The highest BCUT2D eigenvalue weighted by Crippen LogP contribution is 2.20. The largest absolute Gasteiger partial charge is 0.386 e. The van der Waals surface area contributed by atoms with Gasteiger partial charge in [0.2, 0.25) is 0 Å². The lowest BCUT2D eigenvalue weighted by Crippen LogP contribution is -2.33. The van der Waals surface area contributed by atoms with Crippen LogP contribution in [-0.2, 0) is 29.5 Å². The molecule has 23 heavy (non-hydrogen) atoms. The van der Waals surface area contributed by atoms with Gasteiger partial charge in [-0.2, -0.15) is 5.10 Å². The summed E-state index contributed by atoms with van der Waals surface area (Å²) in [6.45, 7) is 3.24. The first kappa shape index (κ1) is 16.2. The molecule has 1 atom stereocenters. The highest BCUT2D eigenvalue weighted by atomic mass is 32.2. The van der Waals surface area contributed by atoms with Crippen LogP contribution in [0.1, 0.15) is 23.1 Å².